The topological polar surface area (TPSA) is 64.0 Å². The summed E-state index contributed by atoms with van der Waals surface area (Å²) < 4.78 is 15.2. The Balaban J connectivity index is 2.02. The second-order valence-corrected chi connectivity index (χ2v) is 8.93. The lowest BCUT2D eigenvalue weighted by Gasteiger charge is -2.15. The van der Waals surface area contributed by atoms with Gasteiger partial charge in [0.1, 0.15) is 5.82 Å². The molecule has 158 valence electrons. The standard InChI is InChI=1S/C23H26FN3O2S/c1-14(2)12-27-22(29)19-9-8-17(21(28)25-15(3)4)11-20(19)26-23(27)30-13-16-6-5-7-18(24)10-16/h5-11,14-15H,12-13H2,1-4H3,(H,25,28). The van der Waals surface area contributed by atoms with Crippen LogP contribution in [0.5, 0.6) is 0 Å². The molecule has 7 heteroatoms. The minimum absolute atomic E-state index is 0.0117. The zero-order chi connectivity index (χ0) is 21.8. The lowest BCUT2D eigenvalue weighted by atomic mass is 10.1. The number of carbonyl (C=O) groups is 1. The summed E-state index contributed by atoms with van der Waals surface area (Å²) in [5.74, 6) is 0.252. The molecular formula is C23H26FN3O2S. The second kappa shape index (κ2) is 9.43. The Morgan fingerprint density at radius 1 is 1.17 bits per heavy atom. The molecule has 0 aliphatic carbocycles. The van der Waals surface area contributed by atoms with Crippen LogP contribution in [0.3, 0.4) is 0 Å². The van der Waals surface area contributed by atoms with Gasteiger partial charge in [-0.2, -0.15) is 0 Å². The number of hydrogen-bond acceptors (Lipinski definition) is 4. The van der Waals surface area contributed by atoms with E-state index in [1.54, 1.807) is 28.8 Å². The van der Waals surface area contributed by atoms with Gasteiger partial charge < -0.3 is 5.32 Å². The van der Waals surface area contributed by atoms with Gasteiger partial charge in [0.05, 0.1) is 10.9 Å². The molecule has 0 saturated carbocycles. The minimum Gasteiger partial charge on any atom is -0.350 e. The van der Waals surface area contributed by atoms with Gasteiger partial charge in [-0.1, -0.05) is 37.7 Å². The molecule has 3 rings (SSSR count). The zero-order valence-electron chi connectivity index (χ0n) is 17.6. The van der Waals surface area contributed by atoms with Crippen LogP contribution in [0.2, 0.25) is 0 Å². The predicted octanol–water partition coefficient (Wildman–Crippen LogP) is 4.62. The molecule has 0 unspecified atom stereocenters. The summed E-state index contributed by atoms with van der Waals surface area (Å²) in [7, 11) is 0. The van der Waals surface area contributed by atoms with Crippen LogP contribution in [-0.2, 0) is 12.3 Å². The maximum absolute atomic E-state index is 13.5. The molecule has 0 fully saturated rings. The number of fused-ring (bicyclic) bond motifs is 1. The first-order valence-corrected chi connectivity index (χ1v) is 11.0. The van der Waals surface area contributed by atoms with E-state index in [1.807, 2.05) is 33.8 Å². The molecule has 0 radical (unpaired) electrons. The van der Waals surface area contributed by atoms with E-state index in [2.05, 4.69) is 5.32 Å². The number of carbonyl (C=O) groups excluding carboxylic acids is 1. The molecule has 1 heterocycles. The van der Waals surface area contributed by atoms with Crippen molar-refractivity contribution in [2.24, 2.45) is 5.92 Å². The summed E-state index contributed by atoms with van der Waals surface area (Å²) in [6.45, 7) is 8.39. The van der Waals surface area contributed by atoms with Crippen LogP contribution >= 0.6 is 11.8 Å². The zero-order valence-corrected chi connectivity index (χ0v) is 18.4. The Kier molecular flexibility index (Phi) is 6.92. The molecule has 1 amide bonds. The van der Waals surface area contributed by atoms with Gasteiger partial charge in [0, 0.05) is 23.9 Å². The Labute approximate surface area is 179 Å². The van der Waals surface area contributed by atoms with E-state index < -0.39 is 0 Å². The van der Waals surface area contributed by atoms with Crippen molar-refractivity contribution in [2.75, 3.05) is 0 Å². The van der Waals surface area contributed by atoms with E-state index >= 15 is 0 Å². The van der Waals surface area contributed by atoms with E-state index in [0.29, 0.717) is 33.9 Å². The highest BCUT2D eigenvalue weighted by Crippen LogP contribution is 2.24. The van der Waals surface area contributed by atoms with Crippen molar-refractivity contribution < 1.29 is 9.18 Å². The number of nitrogens with one attached hydrogen (secondary N) is 1. The van der Waals surface area contributed by atoms with Gasteiger partial charge >= 0.3 is 0 Å². The molecule has 30 heavy (non-hydrogen) atoms. The minimum atomic E-state index is -0.292. The second-order valence-electron chi connectivity index (χ2n) is 7.98. The Hall–Kier alpha value is -2.67. The van der Waals surface area contributed by atoms with Crippen molar-refractivity contribution >= 4 is 28.6 Å². The van der Waals surface area contributed by atoms with Crippen LogP contribution in [0.15, 0.2) is 52.4 Å². The fourth-order valence-electron chi connectivity index (χ4n) is 3.10. The summed E-state index contributed by atoms with van der Waals surface area (Å²) >= 11 is 1.39. The SMILES string of the molecule is CC(C)Cn1c(SCc2cccc(F)c2)nc2cc(C(=O)NC(C)C)ccc2c1=O. The normalized spacial score (nSPS) is 11.4. The molecule has 0 aliphatic rings. The number of rotatable bonds is 7. The monoisotopic (exact) mass is 427 g/mol. The molecule has 1 N–H and O–H groups in total. The molecule has 0 aliphatic heterocycles. The molecule has 2 aromatic carbocycles. The Bertz CT molecular complexity index is 1130. The molecule has 0 spiro atoms. The van der Waals surface area contributed by atoms with Crippen molar-refractivity contribution in [3.05, 3.63) is 69.8 Å². The van der Waals surface area contributed by atoms with Crippen molar-refractivity contribution in [1.29, 1.82) is 0 Å². The predicted molar refractivity (Wildman–Crippen MR) is 119 cm³/mol. The van der Waals surface area contributed by atoms with Crippen molar-refractivity contribution in [1.82, 2.24) is 14.9 Å². The van der Waals surface area contributed by atoms with E-state index in [1.165, 1.54) is 23.9 Å². The van der Waals surface area contributed by atoms with Gasteiger partial charge in [-0.15, -0.1) is 0 Å². The van der Waals surface area contributed by atoms with E-state index in [-0.39, 0.29) is 29.2 Å². The van der Waals surface area contributed by atoms with E-state index in [4.69, 9.17) is 4.98 Å². The van der Waals surface area contributed by atoms with Gasteiger partial charge in [-0.05, 0) is 55.7 Å². The van der Waals surface area contributed by atoms with Crippen molar-refractivity contribution in [3.63, 3.8) is 0 Å². The number of thioether (sulfide) groups is 1. The van der Waals surface area contributed by atoms with Crippen molar-refractivity contribution in [3.8, 4) is 0 Å². The van der Waals surface area contributed by atoms with Crippen LogP contribution in [0, 0.1) is 11.7 Å². The van der Waals surface area contributed by atoms with Crippen LogP contribution in [0.25, 0.3) is 10.9 Å². The average Bonchev–Trinajstić information content (AvgIpc) is 2.67. The maximum Gasteiger partial charge on any atom is 0.262 e. The molecular weight excluding hydrogens is 401 g/mol. The van der Waals surface area contributed by atoms with Crippen LogP contribution in [0.1, 0.15) is 43.6 Å². The van der Waals surface area contributed by atoms with Crippen LogP contribution < -0.4 is 10.9 Å². The first-order valence-electron chi connectivity index (χ1n) is 9.97. The molecule has 5 nitrogen and oxygen atoms in total. The number of halogens is 1. The van der Waals surface area contributed by atoms with Gasteiger partial charge in [0.15, 0.2) is 5.16 Å². The molecule has 0 saturated heterocycles. The number of nitrogens with zero attached hydrogens (tertiary/aromatic N) is 2. The summed E-state index contributed by atoms with van der Waals surface area (Å²) in [5.41, 5.74) is 1.63. The molecule has 1 aromatic heterocycles. The summed E-state index contributed by atoms with van der Waals surface area (Å²) in [5, 5.41) is 3.89. The maximum atomic E-state index is 13.5. The third kappa shape index (κ3) is 5.27. The first-order chi connectivity index (χ1) is 14.2. The Morgan fingerprint density at radius 2 is 1.93 bits per heavy atom. The highest BCUT2D eigenvalue weighted by atomic mass is 32.2. The molecule has 0 atom stereocenters. The molecule has 3 aromatic rings. The fourth-order valence-corrected chi connectivity index (χ4v) is 4.05. The largest absolute Gasteiger partial charge is 0.350 e. The van der Waals surface area contributed by atoms with E-state index in [9.17, 15) is 14.0 Å². The highest BCUT2D eigenvalue weighted by Gasteiger charge is 2.15. The first kappa shape index (κ1) is 22.0. The third-order valence-corrected chi connectivity index (χ3v) is 5.45. The lowest BCUT2D eigenvalue weighted by molar-refractivity contribution is 0.0943. The lowest BCUT2D eigenvalue weighted by Crippen LogP contribution is -2.30. The van der Waals surface area contributed by atoms with Gasteiger partial charge in [0.25, 0.3) is 11.5 Å². The van der Waals surface area contributed by atoms with E-state index in [0.717, 1.165) is 5.56 Å². The number of benzene rings is 2. The average molecular weight is 428 g/mol. The third-order valence-electron chi connectivity index (χ3n) is 4.41. The van der Waals surface area contributed by atoms with Gasteiger partial charge in [0.2, 0.25) is 0 Å². The molecule has 0 bridgehead atoms. The summed E-state index contributed by atoms with van der Waals surface area (Å²) in [4.78, 5) is 30.2. The number of aromatic nitrogens is 2. The number of amides is 1. The highest BCUT2D eigenvalue weighted by molar-refractivity contribution is 7.98. The quantitative estimate of drug-likeness (QED) is 0.441. The Morgan fingerprint density at radius 3 is 2.60 bits per heavy atom. The van der Waals surface area contributed by atoms with Gasteiger partial charge in [-0.25, -0.2) is 9.37 Å². The fraction of sp³-hybridized carbons (Fsp3) is 0.348. The summed E-state index contributed by atoms with van der Waals surface area (Å²) in [6.07, 6.45) is 0. The number of hydrogen-bond donors (Lipinski definition) is 1. The van der Waals surface area contributed by atoms with Gasteiger partial charge in [-0.3, -0.25) is 14.2 Å². The smallest absolute Gasteiger partial charge is 0.262 e. The van der Waals surface area contributed by atoms with Crippen LogP contribution in [-0.4, -0.2) is 21.5 Å². The van der Waals surface area contributed by atoms with Crippen LogP contribution in [0.4, 0.5) is 4.39 Å². The van der Waals surface area contributed by atoms with Crippen molar-refractivity contribution in [2.45, 2.75) is 51.2 Å². The summed E-state index contributed by atoms with van der Waals surface area (Å²) in [6, 6.07) is 11.4.